The van der Waals surface area contributed by atoms with E-state index >= 15 is 0 Å². The van der Waals surface area contributed by atoms with Gasteiger partial charge < -0.3 is 9.88 Å². The van der Waals surface area contributed by atoms with Crippen molar-refractivity contribution in [2.75, 3.05) is 7.05 Å². The summed E-state index contributed by atoms with van der Waals surface area (Å²) in [6.45, 7) is 4.04. The fourth-order valence-corrected chi connectivity index (χ4v) is 2.08. The lowest BCUT2D eigenvalue weighted by Crippen LogP contribution is -2.22. The second-order valence-electron chi connectivity index (χ2n) is 4.25. The van der Waals surface area contributed by atoms with Crippen molar-refractivity contribution in [3.63, 3.8) is 0 Å². The predicted octanol–water partition coefficient (Wildman–Crippen LogP) is 1.74. The summed E-state index contributed by atoms with van der Waals surface area (Å²) in [5, 5.41) is 3.30. The molecule has 0 spiro atoms. The number of nitrogens with one attached hydrogen (secondary N) is 1. The fourth-order valence-electron chi connectivity index (χ4n) is 2.08. The van der Waals surface area contributed by atoms with Gasteiger partial charge in [-0.05, 0) is 32.5 Å². The number of rotatable bonds is 3. The number of nitrogens with zero attached hydrogens (tertiary/aromatic N) is 3. The minimum Gasteiger partial charge on any atom is -0.336 e. The van der Waals surface area contributed by atoms with Gasteiger partial charge in [-0.2, -0.15) is 0 Å². The number of aromatic nitrogens is 3. The molecule has 2 aromatic rings. The Balaban J connectivity index is 2.46. The van der Waals surface area contributed by atoms with Gasteiger partial charge in [0.15, 0.2) is 0 Å². The molecule has 0 saturated carbocycles. The van der Waals surface area contributed by atoms with Crippen molar-refractivity contribution in [3.8, 4) is 0 Å². The van der Waals surface area contributed by atoms with Crippen molar-refractivity contribution in [1.29, 1.82) is 0 Å². The predicted molar refractivity (Wildman–Crippen MR) is 67.8 cm³/mol. The number of pyridine rings is 1. The Hall–Kier alpha value is -1.68. The van der Waals surface area contributed by atoms with Gasteiger partial charge in [-0.3, -0.25) is 4.98 Å². The molecular weight excluding hydrogens is 212 g/mol. The van der Waals surface area contributed by atoms with Crippen LogP contribution in [0, 0.1) is 13.8 Å². The maximum Gasteiger partial charge on any atom is 0.130 e. The highest BCUT2D eigenvalue weighted by Crippen LogP contribution is 2.22. The Morgan fingerprint density at radius 1 is 1.29 bits per heavy atom. The van der Waals surface area contributed by atoms with Crippen LogP contribution in [0.4, 0.5) is 0 Å². The zero-order valence-electron chi connectivity index (χ0n) is 10.7. The van der Waals surface area contributed by atoms with Crippen LogP contribution in [0.3, 0.4) is 0 Å². The van der Waals surface area contributed by atoms with Crippen molar-refractivity contribution in [1.82, 2.24) is 19.9 Å². The third-order valence-electron chi connectivity index (χ3n) is 2.98. The lowest BCUT2D eigenvalue weighted by atomic mass is 10.0. The molecular formula is C13H18N4. The molecule has 17 heavy (non-hydrogen) atoms. The third kappa shape index (κ3) is 2.22. The van der Waals surface area contributed by atoms with Gasteiger partial charge in [0.2, 0.25) is 0 Å². The minimum absolute atomic E-state index is 0.0862. The molecule has 2 heterocycles. The van der Waals surface area contributed by atoms with E-state index in [1.54, 1.807) is 0 Å². The van der Waals surface area contributed by atoms with Crippen LogP contribution in [0.25, 0.3) is 0 Å². The molecule has 1 unspecified atom stereocenters. The zero-order valence-corrected chi connectivity index (χ0v) is 10.7. The Kier molecular flexibility index (Phi) is 3.24. The molecule has 4 heteroatoms. The first kappa shape index (κ1) is 11.8. The molecule has 0 saturated heterocycles. The Labute approximate surface area is 102 Å². The van der Waals surface area contributed by atoms with E-state index in [0.717, 1.165) is 17.2 Å². The van der Waals surface area contributed by atoms with E-state index in [9.17, 15) is 0 Å². The van der Waals surface area contributed by atoms with E-state index in [4.69, 9.17) is 0 Å². The summed E-state index contributed by atoms with van der Waals surface area (Å²) < 4.78 is 2.03. The molecule has 1 atom stereocenters. The summed E-state index contributed by atoms with van der Waals surface area (Å²) in [6, 6.07) is 4.24. The van der Waals surface area contributed by atoms with Crippen molar-refractivity contribution < 1.29 is 0 Å². The number of imidazole rings is 1. The fraction of sp³-hybridized carbons (Fsp3) is 0.385. The first-order valence-electron chi connectivity index (χ1n) is 5.72. The van der Waals surface area contributed by atoms with Crippen LogP contribution in [0.5, 0.6) is 0 Å². The van der Waals surface area contributed by atoms with Gasteiger partial charge in [-0.15, -0.1) is 0 Å². The molecule has 0 bridgehead atoms. The van der Waals surface area contributed by atoms with E-state index in [-0.39, 0.29) is 6.04 Å². The van der Waals surface area contributed by atoms with E-state index in [0.29, 0.717) is 0 Å². The van der Waals surface area contributed by atoms with Gasteiger partial charge in [0.05, 0.1) is 6.04 Å². The Morgan fingerprint density at radius 2 is 2.06 bits per heavy atom. The lowest BCUT2D eigenvalue weighted by molar-refractivity contribution is 0.611. The van der Waals surface area contributed by atoms with E-state index in [2.05, 4.69) is 21.4 Å². The molecule has 90 valence electrons. The van der Waals surface area contributed by atoms with Gasteiger partial charge in [0, 0.05) is 30.8 Å². The number of hydrogen-bond acceptors (Lipinski definition) is 3. The van der Waals surface area contributed by atoms with Crippen LogP contribution < -0.4 is 5.32 Å². The molecule has 0 aliphatic carbocycles. The van der Waals surface area contributed by atoms with Crippen LogP contribution in [0.15, 0.2) is 24.5 Å². The second-order valence-corrected chi connectivity index (χ2v) is 4.25. The van der Waals surface area contributed by atoms with E-state index < -0.39 is 0 Å². The van der Waals surface area contributed by atoms with Crippen LogP contribution in [-0.4, -0.2) is 21.6 Å². The summed E-state index contributed by atoms with van der Waals surface area (Å²) in [4.78, 5) is 8.90. The van der Waals surface area contributed by atoms with Gasteiger partial charge in [0.25, 0.3) is 0 Å². The Bertz CT molecular complexity index is 516. The van der Waals surface area contributed by atoms with Gasteiger partial charge in [-0.1, -0.05) is 6.07 Å². The molecule has 4 nitrogen and oxygen atoms in total. The molecule has 0 aliphatic rings. The molecule has 0 aliphatic heterocycles. The lowest BCUT2D eigenvalue weighted by Gasteiger charge is -2.18. The molecule has 2 rings (SSSR count). The summed E-state index contributed by atoms with van der Waals surface area (Å²) >= 11 is 0. The topological polar surface area (TPSA) is 42.7 Å². The molecule has 0 fully saturated rings. The van der Waals surface area contributed by atoms with Crippen LogP contribution >= 0.6 is 0 Å². The van der Waals surface area contributed by atoms with Crippen LogP contribution in [0.2, 0.25) is 0 Å². The summed E-state index contributed by atoms with van der Waals surface area (Å²) in [7, 11) is 3.95. The quantitative estimate of drug-likeness (QED) is 0.873. The van der Waals surface area contributed by atoms with Crippen molar-refractivity contribution >= 4 is 0 Å². The standard InChI is InChI=1S/C13H18N4/c1-9-5-6-11(10(2)16-9)12(14-3)13-15-7-8-17(13)4/h5-8,12,14H,1-4H3. The van der Waals surface area contributed by atoms with Crippen LogP contribution in [-0.2, 0) is 7.05 Å². The van der Waals surface area contributed by atoms with Gasteiger partial charge in [-0.25, -0.2) is 4.98 Å². The van der Waals surface area contributed by atoms with Crippen molar-refractivity contribution in [3.05, 3.63) is 47.3 Å². The third-order valence-corrected chi connectivity index (χ3v) is 2.98. The Morgan fingerprint density at radius 3 is 2.59 bits per heavy atom. The number of hydrogen-bond donors (Lipinski definition) is 1. The van der Waals surface area contributed by atoms with Gasteiger partial charge in [0.1, 0.15) is 5.82 Å². The molecule has 0 radical (unpaired) electrons. The molecule has 0 amide bonds. The minimum atomic E-state index is 0.0862. The average Bonchev–Trinajstić information content (AvgIpc) is 2.69. The van der Waals surface area contributed by atoms with Crippen molar-refractivity contribution in [2.24, 2.45) is 7.05 Å². The maximum absolute atomic E-state index is 4.50. The van der Waals surface area contributed by atoms with Crippen LogP contribution in [0.1, 0.15) is 28.8 Å². The summed E-state index contributed by atoms with van der Waals surface area (Å²) in [5.74, 6) is 1.00. The average molecular weight is 230 g/mol. The van der Waals surface area contributed by atoms with E-state index in [1.165, 1.54) is 5.56 Å². The monoisotopic (exact) mass is 230 g/mol. The normalized spacial score (nSPS) is 12.7. The highest BCUT2D eigenvalue weighted by molar-refractivity contribution is 5.29. The second kappa shape index (κ2) is 4.67. The maximum atomic E-state index is 4.50. The molecule has 1 N–H and O–H groups in total. The van der Waals surface area contributed by atoms with Crippen molar-refractivity contribution in [2.45, 2.75) is 19.9 Å². The largest absolute Gasteiger partial charge is 0.336 e. The first-order chi connectivity index (χ1) is 8.13. The SMILES string of the molecule is CNC(c1ccc(C)nc1C)c1nccn1C. The smallest absolute Gasteiger partial charge is 0.130 e. The first-order valence-corrected chi connectivity index (χ1v) is 5.72. The summed E-state index contributed by atoms with van der Waals surface area (Å²) in [6.07, 6.45) is 3.77. The zero-order chi connectivity index (χ0) is 12.4. The van der Waals surface area contributed by atoms with E-state index in [1.807, 2.05) is 51.0 Å². The highest BCUT2D eigenvalue weighted by Gasteiger charge is 2.18. The molecule has 0 aromatic carbocycles. The summed E-state index contributed by atoms with van der Waals surface area (Å²) in [5.41, 5.74) is 3.26. The number of aryl methyl sites for hydroxylation is 3. The van der Waals surface area contributed by atoms with Gasteiger partial charge >= 0.3 is 0 Å². The molecule has 2 aromatic heterocycles. The highest BCUT2D eigenvalue weighted by atomic mass is 15.1.